The van der Waals surface area contributed by atoms with Crippen LogP contribution in [0.5, 0.6) is 5.75 Å². The van der Waals surface area contributed by atoms with E-state index in [0.717, 1.165) is 11.1 Å². The van der Waals surface area contributed by atoms with Crippen LogP contribution in [0.2, 0.25) is 0 Å². The summed E-state index contributed by atoms with van der Waals surface area (Å²) in [7, 11) is 0. The Morgan fingerprint density at radius 1 is 0.853 bits per heavy atom. The van der Waals surface area contributed by atoms with Crippen LogP contribution in [-0.2, 0) is 32.0 Å². The first-order valence-electron chi connectivity index (χ1n) is 10.5. The van der Waals surface area contributed by atoms with Gasteiger partial charge in [0.1, 0.15) is 17.8 Å². The van der Waals surface area contributed by atoms with Crippen LogP contribution in [0.15, 0.2) is 54.6 Å². The van der Waals surface area contributed by atoms with E-state index in [1.54, 1.807) is 42.5 Å². The van der Waals surface area contributed by atoms with Crippen LogP contribution < -0.4 is 21.7 Å². The first-order chi connectivity index (χ1) is 16.2. The number of phenolic OH excluding ortho intramolecular Hbond substituents is 1. The van der Waals surface area contributed by atoms with E-state index in [0.29, 0.717) is 0 Å². The number of hydrogen-bond acceptors (Lipinski definition) is 7. The van der Waals surface area contributed by atoms with E-state index in [9.17, 15) is 29.4 Å². The average Bonchev–Trinajstić information content (AvgIpc) is 2.82. The van der Waals surface area contributed by atoms with E-state index in [-0.39, 0.29) is 24.3 Å². The highest BCUT2D eigenvalue weighted by Gasteiger charge is 2.24. The summed E-state index contributed by atoms with van der Waals surface area (Å²) in [6.07, 6.45) is 0.275. The number of nitrogens with two attached hydrogens (primary N) is 1. The summed E-state index contributed by atoms with van der Waals surface area (Å²) in [6.45, 7) is -0.475. The lowest BCUT2D eigenvalue weighted by molar-refractivity contribution is -0.141. The SMILES string of the molecule is NC(Cc1ccc(O)cc1)C(=O)NC(CS)C(=O)NCC(=O)NC(Cc1ccccc1)C(=O)O. The van der Waals surface area contributed by atoms with E-state index < -0.39 is 48.4 Å². The molecule has 0 saturated heterocycles. The van der Waals surface area contributed by atoms with E-state index in [1.807, 2.05) is 0 Å². The molecule has 2 aromatic carbocycles. The first kappa shape index (κ1) is 26.7. The molecule has 0 saturated carbocycles. The van der Waals surface area contributed by atoms with Gasteiger partial charge < -0.3 is 31.9 Å². The molecule has 0 aliphatic carbocycles. The van der Waals surface area contributed by atoms with Crippen molar-refractivity contribution in [2.24, 2.45) is 5.73 Å². The maximum atomic E-state index is 12.4. The van der Waals surface area contributed by atoms with Crippen molar-refractivity contribution in [1.29, 1.82) is 0 Å². The van der Waals surface area contributed by atoms with Gasteiger partial charge in [0.05, 0.1) is 12.6 Å². The highest BCUT2D eigenvalue weighted by Crippen LogP contribution is 2.11. The second-order valence-electron chi connectivity index (χ2n) is 7.59. The number of phenols is 1. The maximum absolute atomic E-state index is 12.4. The monoisotopic (exact) mass is 488 g/mol. The van der Waals surface area contributed by atoms with E-state index in [4.69, 9.17) is 5.73 Å². The van der Waals surface area contributed by atoms with Gasteiger partial charge in [-0.05, 0) is 29.7 Å². The van der Waals surface area contributed by atoms with Gasteiger partial charge in [-0.2, -0.15) is 12.6 Å². The van der Waals surface area contributed by atoms with Crippen molar-refractivity contribution in [3.63, 3.8) is 0 Å². The predicted molar refractivity (Wildman–Crippen MR) is 128 cm³/mol. The summed E-state index contributed by atoms with van der Waals surface area (Å²) in [5.74, 6) is -3.09. The summed E-state index contributed by atoms with van der Waals surface area (Å²) < 4.78 is 0. The first-order valence-corrected chi connectivity index (χ1v) is 11.1. The van der Waals surface area contributed by atoms with Crippen molar-refractivity contribution >= 4 is 36.3 Å². The fourth-order valence-electron chi connectivity index (χ4n) is 3.04. The van der Waals surface area contributed by atoms with Gasteiger partial charge in [0, 0.05) is 12.2 Å². The van der Waals surface area contributed by atoms with Crippen molar-refractivity contribution in [1.82, 2.24) is 16.0 Å². The normalized spacial score (nSPS) is 13.2. The number of benzene rings is 2. The van der Waals surface area contributed by atoms with Gasteiger partial charge in [0.2, 0.25) is 17.7 Å². The Kier molecular flexibility index (Phi) is 10.4. The molecule has 0 spiro atoms. The number of carbonyl (C=O) groups excluding carboxylic acids is 3. The molecule has 2 aromatic rings. The molecule has 7 N–H and O–H groups in total. The maximum Gasteiger partial charge on any atom is 0.326 e. The highest BCUT2D eigenvalue weighted by atomic mass is 32.1. The van der Waals surface area contributed by atoms with Gasteiger partial charge >= 0.3 is 5.97 Å². The zero-order valence-electron chi connectivity index (χ0n) is 18.3. The predicted octanol–water partition coefficient (Wildman–Crippen LogP) is -0.395. The molecule has 182 valence electrons. The Morgan fingerprint density at radius 3 is 2.06 bits per heavy atom. The summed E-state index contributed by atoms with van der Waals surface area (Å²) in [5.41, 5.74) is 7.37. The van der Waals surface area contributed by atoms with Gasteiger partial charge in [0.25, 0.3) is 0 Å². The molecule has 0 aliphatic heterocycles. The second kappa shape index (κ2) is 13.2. The molecular weight excluding hydrogens is 460 g/mol. The van der Waals surface area contributed by atoms with Gasteiger partial charge in [-0.15, -0.1) is 0 Å². The van der Waals surface area contributed by atoms with E-state index in [1.165, 1.54) is 12.1 Å². The van der Waals surface area contributed by atoms with Crippen molar-refractivity contribution in [2.75, 3.05) is 12.3 Å². The standard InChI is InChI=1S/C23H28N4O6S/c24-17(10-15-6-8-16(28)9-7-15)21(30)27-19(13-34)22(31)25-12-20(29)26-18(23(32)33)11-14-4-2-1-3-5-14/h1-9,17-19,28,34H,10-13,24H2,(H,25,31)(H,26,29)(H,27,30)(H,32,33). The van der Waals surface area contributed by atoms with Crippen molar-refractivity contribution in [2.45, 2.75) is 31.0 Å². The molecule has 0 fully saturated rings. The summed E-state index contributed by atoms with van der Waals surface area (Å²) in [6, 6.07) is 11.9. The Morgan fingerprint density at radius 2 is 1.47 bits per heavy atom. The third kappa shape index (κ3) is 8.75. The second-order valence-corrected chi connectivity index (χ2v) is 7.95. The Balaban J connectivity index is 1.83. The van der Waals surface area contributed by atoms with Gasteiger partial charge in [-0.3, -0.25) is 14.4 Å². The molecular formula is C23H28N4O6S. The fourth-order valence-corrected chi connectivity index (χ4v) is 3.29. The molecule has 11 heteroatoms. The molecule has 0 bridgehead atoms. The third-order valence-corrected chi connectivity index (χ3v) is 5.25. The highest BCUT2D eigenvalue weighted by molar-refractivity contribution is 7.80. The Labute approximate surface area is 202 Å². The molecule has 10 nitrogen and oxygen atoms in total. The minimum absolute atomic E-state index is 0.0448. The third-order valence-electron chi connectivity index (χ3n) is 4.88. The molecule has 0 heterocycles. The van der Waals surface area contributed by atoms with Gasteiger partial charge in [-0.25, -0.2) is 4.79 Å². The number of nitrogens with one attached hydrogen (secondary N) is 3. The lowest BCUT2D eigenvalue weighted by Crippen LogP contribution is -2.54. The number of aliphatic carboxylic acids is 1. The molecule has 3 atom stereocenters. The van der Waals surface area contributed by atoms with Crippen molar-refractivity contribution < 1.29 is 29.4 Å². The van der Waals surface area contributed by atoms with E-state index in [2.05, 4.69) is 28.6 Å². The van der Waals surface area contributed by atoms with Gasteiger partial charge in [0.15, 0.2) is 0 Å². The summed E-state index contributed by atoms with van der Waals surface area (Å²) >= 11 is 4.07. The topological polar surface area (TPSA) is 171 Å². The number of hydrogen-bond donors (Lipinski definition) is 7. The number of aromatic hydroxyl groups is 1. The number of rotatable bonds is 12. The molecule has 2 rings (SSSR count). The Hall–Kier alpha value is -3.57. The minimum atomic E-state index is -1.20. The molecule has 3 unspecified atom stereocenters. The van der Waals surface area contributed by atoms with Crippen LogP contribution in [-0.4, -0.2) is 64.3 Å². The molecule has 0 aliphatic rings. The number of thiol groups is 1. The number of carboxylic acid groups (broad SMARTS) is 1. The van der Waals surface area contributed by atoms with Gasteiger partial charge in [-0.1, -0.05) is 42.5 Å². The van der Waals surface area contributed by atoms with Crippen LogP contribution in [0.1, 0.15) is 11.1 Å². The van der Waals surface area contributed by atoms with Crippen molar-refractivity contribution in [3.05, 3.63) is 65.7 Å². The largest absolute Gasteiger partial charge is 0.508 e. The van der Waals surface area contributed by atoms with Crippen LogP contribution in [0, 0.1) is 0 Å². The quantitative estimate of drug-likeness (QED) is 0.199. The lowest BCUT2D eigenvalue weighted by atomic mass is 10.1. The van der Waals surface area contributed by atoms with Crippen LogP contribution in [0.4, 0.5) is 0 Å². The zero-order chi connectivity index (χ0) is 25.1. The van der Waals surface area contributed by atoms with E-state index >= 15 is 0 Å². The number of carboxylic acids is 1. The summed E-state index contributed by atoms with van der Waals surface area (Å²) in [4.78, 5) is 48.4. The molecule has 0 aromatic heterocycles. The smallest absolute Gasteiger partial charge is 0.326 e. The summed E-state index contributed by atoms with van der Waals surface area (Å²) in [5, 5.41) is 25.9. The number of amides is 3. The minimum Gasteiger partial charge on any atom is -0.508 e. The molecule has 34 heavy (non-hydrogen) atoms. The number of carbonyl (C=O) groups is 4. The van der Waals surface area contributed by atoms with Crippen LogP contribution in [0.25, 0.3) is 0 Å². The van der Waals surface area contributed by atoms with Crippen LogP contribution in [0.3, 0.4) is 0 Å². The van der Waals surface area contributed by atoms with Crippen LogP contribution >= 0.6 is 12.6 Å². The fraction of sp³-hybridized carbons (Fsp3) is 0.304. The van der Waals surface area contributed by atoms with Crippen molar-refractivity contribution in [3.8, 4) is 5.75 Å². The molecule has 0 radical (unpaired) electrons. The Bertz CT molecular complexity index is 987. The zero-order valence-corrected chi connectivity index (χ0v) is 19.2. The molecule has 3 amide bonds. The average molecular weight is 489 g/mol. The lowest BCUT2D eigenvalue weighted by Gasteiger charge is -2.20.